The summed E-state index contributed by atoms with van der Waals surface area (Å²) in [6.45, 7) is 3.70. The maximum absolute atomic E-state index is 12.3. The molecule has 14 heavy (non-hydrogen) atoms. The molecule has 0 spiro atoms. The minimum atomic E-state index is -0.507. The Morgan fingerprint density at radius 3 is 2.64 bits per heavy atom. The Bertz CT molecular complexity index is 329. The van der Waals surface area contributed by atoms with E-state index in [9.17, 15) is 4.39 Å². The lowest BCUT2D eigenvalue weighted by Crippen LogP contribution is -1.83. The van der Waals surface area contributed by atoms with E-state index in [0.29, 0.717) is 16.5 Å². The van der Waals surface area contributed by atoms with Crippen LogP contribution < -0.4 is 0 Å². The summed E-state index contributed by atoms with van der Waals surface area (Å²) >= 11 is 5.87. The van der Waals surface area contributed by atoms with Crippen molar-refractivity contribution in [1.29, 1.82) is 0 Å². The molecule has 0 aliphatic heterocycles. The quantitative estimate of drug-likeness (QED) is 0.693. The molecule has 0 aliphatic rings. The van der Waals surface area contributed by atoms with Gasteiger partial charge in [-0.2, -0.15) is 0 Å². The van der Waals surface area contributed by atoms with E-state index in [1.807, 2.05) is 12.1 Å². The average molecular weight is 213 g/mol. The molecule has 0 saturated heterocycles. The van der Waals surface area contributed by atoms with E-state index in [4.69, 9.17) is 11.6 Å². The van der Waals surface area contributed by atoms with Gasteiger partial charge in [-0.25, -0.2) is 4.39 Å². The van der Waals surface area contributed by atoms with Gasteiger partial charge in [0.2, 0.25) is 0 Å². The van der Waals surface area contributed by atoms with Gasteiger partial charge in [-0.1, -0.05) is 49.7 Å². The molecule has 0 N–H and O–H groups in total. The van der Waals surface area contributed by atoms with Gasteiger partial charge in [0.1, 0.15) is 6.67 Å². The van der Waals surface area contributed by atoms with E-state index in [-0.39, 0.29) is 0 Å². The molecule has 0 radical (unpaired) electrons. The van der Waals surface area contributed by atoms with E-state index in [1.165, 1.54) is 0 Å². The van der Waals surface area contributed by atoms with Crippen molar-refractivity contribution in [2.45, 2.75) is 20.5 Å². The highest BCUT2D eigenvalue weighted by molar-refractivity contribution is 6.31. The van der Waals surface area contributed by atoms with Crippen LogP contribution in [-0.4, -0.2) is 0 Å². The second-order valence-corrected chi connectivity index (χ2v) is 3.99. The van der Waals surface area contributed by atoms with Crippen molar-refractivity contribution in [2.24, 2.45) is 5.92 Å². The van der Waals surface area contributed by atoms with Crippen LogP contribution >= 0.6 is 11.6 Å². The highest BCUT2D eigenvalue weighted by Crippen LogP contribution is 2.19. The molecule has 0 fully saturated rings. The van der Waals surface area contributed by atoms with Crippen LogP contribution in [0.2, 0.25) is 5.02 Å². The third-order valence-corrected chi connectivity index (χ3v) is 2.25. The molecule has 0 saturated carbocycles. The summed E-state index contributed by atoms with van der Waals surface area (Å²) < 4.78 is 12.3. The summed E-state index contributed by atoms with van der Waals surface area (Å²) in [5.74, 6) is 0.509. The Hall–Kier alpha value is -0.820. The zero-order valence-electron chi connectivity index (χ0n) is 8.43. The summed E-state index contributed by atoms with van der Waals surface area (Å²) in [7, 11) is 0. The van der Waals surface area contributed by atoms with Crippen molar-refractivity contribution < 1.29 is 4.39 Å². The van der Waals surface area contributed by atoms with Crippen LogP contribution in [0.1, 0.15) is 25.0 Å². The largest absolute Gasteiger partial charge is 0.246 e. The maximum atomic E-state index is 12.3. The van der Waals surface area contributed by atoms with Gasteiger partial charge < -0.3 is 0 Å². The Kier molecular flexibility index (Phi) is 4.15. The monoisotopic (exact) mass is 212 g/mol. The molecule has 0 bridgehead atoms. The standard InChI is InChI=1S/C12H14ClF/c1-9(2)3-4-10-5-6-11(8-14)12(13)7-10/h3-7,9H,8H2,1-2H3/b4-3+. The van der Waals surface area contributed by atoms with Crippen molar-refractivity contribution in [3.63, 3.8) is 0 Å². The van der Waals surface area contributed by atoms with E-state index in [0.717, 1.165) is 5.56 Å². The SMILES string of the molecule is CC(C)/C=C/c1ccc(CF)c(Cl)c1. The third-order valence-electron chi connectivity index (χ3n) is 1.89. The molecular weight excluding hydrogens is 199 g/mol. The van der Waals surface area contributed by atoms with Crippen LogP contribution in [0.4, 0.5) is 4.39 Å². The van der Waals surface area contributed by atoms with Crippen LogP contribution in [0.15, 0.2) is 24.3 Å². The van der Waals surface area contributed by atoms with E-state index < -0.39 is 6.67 Å². The van der Waals surface area contributed by atoms with Gasteiger partial charge >= 0.3 is 0 Å². The Balaban J connectivity index is 2.86. The fraction of sp³-hybridized carbons (Fsp3) is 0.333. The fourth-order valence-electron chi connectivity index (χ4n) is 1.08. The molecule has 1 aromatic rings. The zero-order valence-corrected chi connectivity index (χ0v) is 9.18. The highest BCUT2D eigenvalue weighted by Gasteiger charge is 1.99. The molecule has 0 heterocycles. The first-order chi connectivity index (χ1) is 6.63. The lowest BCUT2D eigenvalue weighted by Gasteiger charge is -2.01. The number of allylic oxidation sites excluding steroid dienone is 1. The summed E-state index contributed by atoms with van der Waals surface area (Å²) in [6, 6.07) is 5.39. The molecule has 0 aliphatic carbocycles. The lowest BCUT2D eigenvalue weighted by molar-refractivity contribution is 0.485. The molecule has 2 heteroatoms. The minimum absolute atomic E-state index is 0.499. The Morgan fingerprint density at radius 1 is 1.43 bits per heavy atom. The molecular formula is C12H14ClF. The number of hydrogen-bond donors (Lipinski definition) is 0. The zero-order chi connectivity index (χ0) is 10.6. The third kappa shape index (κ3) is 3.15. The Labute approximate surface area is 89.4 Å². The van der Waals surface area contributed by atoms with Crippen LogP contribution in [0.3, 0.4) is 0 Å². The van der Waals surface area contributed by atoms with Gasteiger partial charge in [0.05, 0.1) is 0 Å². The molecule has 0 unspecified atom stereocenters. The first-order valence-electron chi connectivity index (χ1n) is 4.66. The Morgan fingerprint density at radius 2 is 2.14 bits per heavy atom. The van der Waals surface area contributed by atoms with E-state index >= 15 is 0 Å². The smallest absolute Gasteiger partial charge is 0.116 e. The van der Waals surface area contributed by atoms with Gasteiger partial charge in [0.15, 0.2) is 0 Å². The predicted octanol–water partition coefficient (Wildman–Crippen LogP) is 4.48. The normalized spacial score (nSPS) is 11.5. The topological polar surface area (TPSA) is 0 Å². The molecule has 0 nitrogen and oxygen atoms in total. The summed E-state index contributed by atoms with van der Waals surface area (Å²) in [5, 5.41) is 0.499. The number of benzene rings is 1. The molecule has 0 aromatic heterocycles. The first kappa shape index (κ1) is 11.3. The number of alkyl halides is 1. The van der Waals surface area contributed by atoms with Crippen LogP contribution in [-0.2, 0) is 6.67 Å². The summed E-state index contributed by atoms with van der Waals surface area (Å²) in [6.07, 6.45) is 4.08. The van der Waals surface area contributed by atoms with Gasteiger partial charge in [-0.15, -0.1) is 0 Å². The molecule has 0 amide bonds. The molecule has 1 aromatic carbocycles. The second kappa shape index (κ2) is 5.16. The van der Waals surface area contributed by atoms with Crippen LogP contribution in [0.5, 0.6) is 0 Å². The second-order valence-electron chi connectivity index (χ2n) is 3.59. The van der Waals surface area contributed by atoms with Crippen molar-refractivity contribution >= 4 is 17.7 Å². The lowest BCUT2D eigenvalue weighted by atomic mass is 10.1. The van der Waals surface area contributed by atoms with E-state index in [1.54, 1.807) is 12.1 Å². The molecule has 1 rings (SSSR count). The number of rotatable bonds is 3. The van der Waals surface area contributed by atoms with E-state index in [2.05, 4.69) is 19.9 Å². The average Bonchev–Trinajstić information content (AvgIpc) is 2.15. The van der Waals surface area contributed by atoms with Crippen molar-refractivity contribution in [1.82, 2.24) is 0 Å². The number of hydrogen-bond acceptors (Lipinski definition) is 0. The van der Waals surface area contributed by atoms with Gasteiger partial charge in [-0.05, 0) is 17.5 Å². The van der Waals surface area contributed by atoms with Crippen LogP contribution in [0, 0.1) is 5.92 Å². The minimum Gasteiger partial charge on any atom is -0.246 e. The van der Waals surface area contributed by atoms with Crippen molar-refractivity contribution in [2.75, 3.05) is 0 Å². The molecule has 76 valence electrons. The summed E-state index contributed by atoms with van der Waals surface area (Å²) in [4.78, 5) is 0. The van der Waals surface area contributed by atoms with Crippen LogP contribution in [0.25, 0.3) is 6.08 Å². The van der Waals surface area contributed by atoms with Crippen molar-refractivity contribution in [3.8, 4) is 0 Å². The van der Waals surface area contributed by atoms with Gasteiger partial charge in [0, 0.05) is 10.6 Å². The summed E-state index contributed by atoms with van der Waals surface area (Å²) in [5.41, 5.74) is 1.56. The molecule has 0 atom stereocenters. The van der Waals surface area contributed by atoms with Crippen molar-refractivity contribution in [3.05, 3.63) is 40.4 Å². The predicted molar refractivity (Wildman–Crippen MR) is 60.1 cm³/mol. The van der Waals surface area contributed by atoms with Gasteiger partial charge in [0.25, 0.3) is 0 Å². The van der Waals surface area contributed by atoms with Gasteiger partial charge in [-0.3, -0.25) is 0 Å². The highest BCUT2D eigenvalue weighted by atomic mass is 35.5. The fourth-order valence-corrected chi connectivity index (χ4v) is 1.32. The first-order valence-corrected chi connectivity index (χ1v) is 5.04. The maximum Gasteiger partial charge on any atom is 0.116 e. The number of halogens is 2.